The fourth-order valence-corrected chi connectivity index (χ4v) is 1.56. The second-order valence-electron chi connectivity index (χ2n) is 3.34. The van der Waals surface area contributed by atoms with Crippen LogP contribution in [0.3, 0.4) is 0 Å². The zero-order valence-corrected chi connectivity index (χ0v) is 7.55. The molecule has 1 unspecified atom stereocenters. The number of urea groups is 1. The van der Waals surface area contributed by atoms with Gasteiger partial charge >= 0.3 is 6.03 Å². The minimum atomic E-state index is -0.430. The Balaban J connectivity index is 2.17. The highest BCUT2D eigenvalue weighted by Gasteiger charge is 2.17. The Morgan fingerprint density at radius 1 is 1.58 bits per heavy atom. The Bertz CT molecular complexity index is 154. The number of carbonyl (C=O) groups is 1. The maximum absolute atomic E-state index is 10.4. The molecule has 1 atom stereocenters. The highest BCUT2D eigenvalue weighted by atomic mass is 16.2. The van der Waals surface area contributed by atoms with E-state index in [4.69, 9.17) is 5.73 Å². The summed E-state index contributed by atoms with van der Waals surface area (Å²) in [5.41, 5.74) is 4.97. The van der Waals surface area contributed by atoms with Crippen molar-refractivity contribution in [3.63, 3.8) is 0 Å². The second-order valence-corrected chi connectivity index (χ2v) is 3.34. The zero-order chi connectivity index (χ0) is 8.97. The van der Waals surface area contributed by atoms with Gasteiger partial charge in [0.05, 0.1) is 0 Å². The van der Waals surface area contributed by atoms with Gasteiger partial charge in [-0.1, -0.05) is 0 Å². The molecule has 1 fully saturated rings. The number of hydrogen-bond donors (Lipinski definition) is 2. The first kappa shape index (κ1) is 9.32. The van der Waals surface area contributed by atoms with Gasteiger partial charge in [-0.05, 0) is 32.9 Å². The SMILES string of the molecule is CC(CNC(N)=O)N1CCCC1. The predicted octanol–water partition coefficient (Wildman–Crippen LogP) is 0.139. The van der Waals surface area contributed by atoms with E-state index >= 15 is 0 Å². The summed E-state index contributed by atoms with van der Waals surface area (Å²) >= 11 is 0. The molecule has 4 nitrogen and oxygen atoms in total. The van der Waals surface area contributed by atoms with E-state index in [1.165, 1.54) is 12.8 Å². The first-order chi connectivity index (χ1) is 5.70. The molecule has 12 heavy (non-hydrogen) atoms. The minimum absolute atomic E-state index is 0.417. The number of primary amides is 1. The molecule has 0 aromatic rings. The van der Waals surface area contributed by atoms with Gasteiger partial charge in [0.1, 0.15) is 0 Å². The molecule has 0 aliphatic carbocycles. The van der Waals surface area contributed by atoms with Crippen molar-refractivity contribution in [1.29, 1.82) is 0 Å². The lowest BCUT2D eigenvalue weighted by Gasteiger charge is -2.23. The summed E-state index contributed by atoms with van der Waals surface area (Å²) in [5.74, 6) is 0. The van der Waals surface area contributed by atoms with Gasteiger partial charge in [0, 0.05) is 12.6 Å². The van der Waals surface area contributed by atoms with Crippen molar-refractivity contribution in [2.45, 2.75) is 25.8 Å². The largest absolute Gasteiger partial charge is 0.352 e. The molecular formula is C8H17N3O. The molecule has 0 bridgehead atoms. The lowest BCUT2D eigenvalue weighted by Crippen LogP contribution is -2.42. The Labute approximate surface area is 73.1 Å². The summed E-state index contributed by atoms with van der Waals surface area (Å²) in [6.07, 6.45) is 2.56. The number of likely N-dealkylation sites (tertiary alicyclic amines) is 1. The molecule has 1 rings (SSSR count). The van der Waals surface area contributed by atoms with Crippen LogP contribution in [-0.2, 0) is 0 Å². The Morgan fingerprint density at radius 2 is 2.17 bits per heavy atom. The summed E-state index contributed by atoms with van der Waals surface area (Å²) in [7, 11) is 0. The standard InChI is InChI=1S/C8H17N3O/c1-7(6-10-8(9)12)11-4-2-3-5-11/h7H,2-6H2,1H3,(H3,9,10,12). The van der Waals surface area contributed by atoms with E-state index in [1.54, 1.807) is 0 Å². The monoisotopic (exact) mass is 171 g/mol. The summed E-state index contributed by atoms with van der Waals surface area (Å²) in [4.78, 5) is 12.8. The van der Waals surface area contributed by atoms with E-state index < -0.39 is 6.03 Å². The van der Waals surface area contributed by atoms with E-state index in [0.717, 1.165) is 13.1 Å². The van der Waals surface area contributed by atoms with Crippen LogP contribution in [0.2, 0.25) is 0 Å². The molecule has 1 aliphatic heterocycles. The van der Waals surface area contributed by atoms with E-state index in [2.05, 4.69) is 17.1 Å². The lowest BCUT2D eigenvalue weighted by molar-refractivity contribution is 0.232. The fourth-order valence-electron chi connectivity index (χ4n) is 1.56. The first-order valence-corrected chi connectivity index (χ1v) is 4.47. The highest BCUT2D eigenvalue weighted by Crippen LogP contribution is 2.10. The first-order valence-electron chi connectivity index (χ1n) is 4.47. The third-order valence-corrected chi connectivity index (χ3v) is 2.34. The highest BCUT2D eigenvalue weighted by molar-refractivity contribution is 5.71. The third-order valence-electron chi connectivity index (χ3n) is 2.34. The van der Waals surface area contributed by atoms with Crippen molar-refractivity contribution < 1.29 is 4.79 Å². The van der Waals surface area contributed by atoms with Crippen LogP contribution < -0.4 is 11.1 Å². The van der Waals surface area contributed by atoms with Crippen LogP contribution in [0.1, 0.15) is 19.8 Å². The van der Waals surface area contributed by atoms with Crippen LogP contribution in [0.5, 0.6) is 0 Å². The quantitative estimate of drug-likeness (QED) is 0.634. The molecule has 0 aromatic carbocycles. The number of nitrogens with one attached hydrogen (secondary N) is 1. The normalized spacial score (nSPS) is 20.8. The molecule has 0 radical (unpaired) electrons. The maximum Gasteiger partial charge on any atom is 0.312 e. The number of nitrogens with two attached hydrogens (primary N) is 1. The number of amides is 2. The molecule has 4 heteroatoms. The molecule has 1 heterocycles. The van der Waals surface area contributed by atoms with Crippen molar-refractivity contribution in [2.75, 3.05) is 19.6 Å². The van der Waals surface area contributed by atoms with E-state index in [9.17, 15) is 4.79 Å². The summed E-state index contributed by atoms with van der Waals surface area (Å²) < 4.78 is 0. The minimum Gasteiger partial charge on any atom is -0.352 e. The summed E-state index contributed by atoms with van der Waals surface area (Å²) in [6, 6.07) is -0.0129. The van der Waals surface area contributed by atoms with Gasteiger partial charge in [0.2, 0.25) is 0 Å². The molecule has 0 spiro atoms. The van der Waals surface area contributed by atoms with Crippen LogP contribution in [0, 0.1) is 0 Å². The number of hydrogen-bond acceptors (Lipinski definition) is 2. The van der Waals surface area contributed by atoms with Crippen LogP contribution in [-0.4, -0.2) is 36.6 Å². The Hall–Kier alpha value is -0.770. The van der Waals surface area contributed by atoms with E-state index in [1.807, 2.05) is 0 Å². The van der Waals surface area contributed by atoms with Crippen molar-refractivity contribution in [3.8, 4) is 0 Å². The smallest absolute Gasteiger partial charge is 0.312 e. The lowest BCUT2D eigenvalue weighted by atomic mass is 10.3. The maximum atomic E-state index is 10.4. The molecule has 0 aromatic heterocycles. The van der Waals surface area contributed by atoms with E-state index in [-0.39, 0.29) is 0 Å². The number of carbonyl (C=O) groups excluding carboxylic acids is 1. The Morgan fingerprint density at radius 3 is 2.67 bits per heavy atom. The zero-order valence-electron chi connectivity index (χ0n) is 7.55. The van der Waals surface area contributed by atoms with Gasteiger partial charge in [0.15, 0.2) is 0 Å². The molecule has 70 valence electrons. The Kier molecular flexibility index (Phi) is 3.34. The van der Waals surface area contributed by atoms with Gasteiger partial charge in [-0.15, -0.1) is 0 Å². The van der Waals surface area contributed by atoms with Gasteiger partial charge in [-0.2, -0.15) is 0 Å². The third kappa shape index (κ3) is 2.70. The summed E-state index contributed by atoms with van der Waals surface area (Å²) in [6.45, 7) is 5.08. The van der Waals surface area contributed by atoms with Crippen molar-refractivity contribution in [2.24, 2.45) is 5.73 Å². The molecule has 1 saturated heterocycles. The molecule has 1 aliphatic rings. The van der Waals surface area contributed by atoms with Crippen LogP contribution in [0.4, 0.5) is 4.79 Å². The van der Waals surface area contributed by atoms with Crippen LogP contribution >= 0.6 is 0 Å². The molecule has 2 amide bonds. The average Bonchev–Trinajstić information content (AvgIpc) is 2.51. The van der Waals surface area contributed by atoms with Gasteiger partial charge in [-0.3, -0.25) is 4.90 Å². The molecular weight excluding hydrogens is 154 g/mol. The van der Waals surface area contributed by atoms with Crippen molar-refractivity contribution in [1.82, 2.24) is 10.2 Å². The predicted molar refractivity (Wildman–Crippen MR) is 47.9 cm³/mol. The van der Waals surface area contributed by atoms with E-state index in [0.29, 0.717) is 12.6 Å². The summed E-state index contributed by atoms with van der Waals surface area (Å²) in [5, 5.41) is 2.62. The number of rotatable bonds is 3. The van der Waals surface area contributed by atoms with Crippen LogP contribution in [0.25, 0.3) is 0 Å². The number of nitrogens with zero attached hydrogens (tertiary/aromatic N) is 1. The van der Waals surface area contributed by atoms with Gasteiger partial charge in [-0.25, -0.2) is 4.79 Å². The topological polar surface area (TPSA) is 58.4 Å². The second kappa shape index (κ2) is 4.30. The average molecular weight is 171 g/mol. The molecule has 0 saturated carbocycles. The van der Waals surface area contributed by atoms with Crippen molar-refractivity contribution in [3.05, 3.63) is 0 Å². The van der Waals surface area contributed by atoms with Crippen molar-refractivity contribution >= 4 is 6.03 Å². The molecule has 3 N–H and O–H groups in total. The van der Waals surface area contributed by atoms with Gasteiger partial charge in [0.25, 0.3) is 0 Å². The van der Waals surface area contributed by atoms with Crippen LogP contribution in [0.15, 0.2) is 0 Å². The fraction of sp³-hybridized carbons (Fsp3) is 0.875. The van der Waals surface area contributed by atoms with Gasteiger partial charge < -0.3 is 11.1 Å².